The molecule has 94 valence electrons. The number of rotatable bonds is 2. The third kappa shape index (κ3) is 2.54. The number of thiazole rings is 1. The topological polar surface area (TPSA) is 57.8 Å². The van der Waals surface area contributed by atoms with Crippen LogP contribution in [0.5, 0.6) is 0 Å². The minimum absolute atomic E-state index is 0.174. The van der Waals surface area contributed by atoms with E-state index in [0.717, 1.165) is 19.9 Å². The van der Waals surface area contributed by atoms with Gasteiger partial charge in [-0.1, -0.05) is 0 Å². The highest BCUT2D eigenvalue weighted by Gasteiger charge is 2.06. The molecule has 0 aliphatic carbocycles. The molecule has 3 aromatic rings. The van der Waals surface area contributed by atoms with E-state index in [9.17, 15) is 4.79 Å². The Morgan fingerprint density at radius 3 is 3.05 bits per heavy atom. The lowest BCUT2D eigenvalue weighted by molar-refractivity contribution is 0.102. The van der Waals surface area contributed by atoms with Crippen LogP contribution in [0.25, 0.3) is 10.2 Å². The smallest absolute Gasteiger partial charge is 0.257 e. The van der Waals surface area contributed by atoms with Crippen LogP contribution in [0.2, 0.25) is 0 Å². The predicted octanol–water partition coefficient (Wildman–Crippen LogP) is 3.61. The van der Waals surface area contributed by atoms with E-state index in [0.29, 0.717) is 5.56 Å². The van der Waals surface area contributed by atoms with E-state index in [1.54, 1.807) is 18.3 Å². The second-order valence-corrected chi connectivity index (χ2v) is 5.64. The van der Waals surface area contributed by atoms with Crippen LogP contribution < -0.4 is 5.32 Å². The van der Waals surface area contributed by atoms with E-state index >= 15 is 0 Å². The molecule has 19 heavy (non-hydrogen) atoms. The summed E-state index contributed by atoms with van der Waals surface area (Å²) >= 11 is 6.57. The number of carbonyl (C=O) groups is 1. The Morgan fingerprint density at radius 2 is 2.26 bits per heavy atom. The second-order valence-electron chi connectivity index (χ2n) is 3.92. The summed E-state index contributed by atoms with van der Waals surface area (Å²) in [6.45, 7) is 0. The molecular formula is C13H9N3OS2. The van der Waals surface area contributed by atoms with Gasteiger partial charge in [0.05, 0.1) is 15.8 Å². The van der Waals surface area contributed by atoms with E-state index < -0.39 is 0 Å². The molecule has 4 nitrogen and oxygen atoms in total. The molecule has 0 aliphatic heterocycles. The lowest BCUT2D eigenvalue weighted by Gasteiger charge is -2.04. The van der Waals surface area contributed by atoms with Crippen LogP contribution in [-0.2, 0) is 0 Å². The van der Waals surface area contributed by atoms with Gasteiger partial charge in [0.25, 0.3) is 5.91 Å². The van der Waals surface area contributed by atoms with E-state index in [2.05, 4.69) is 15.3 Å². The molecule has 0 spiro atoms. The lowest BCUT2D eigenvalue weighted by atomic mass is 10.2. The molecule has 0 bridgehead atoms. The van der Waals surface area contributed by atoms with Crippen LogP contribution >= 0.6 is 23.6 Å². The summed E-state index contributed by atoms with van der Waals surface area (Å²) in [5.41, 5.74) is 2.25. The summed E-state index contributed by atoms with van der Waals surface area (Å²) in [6.07, 6.45) is 3.17. The maximum Gasteiger partial charge on any atom is 0.257 e. The van der Waals surface area contributed by atoms with Gasteiger partial charge < -0.3 is 10.3 Å². The molecule has 2 heterocycles. The first-order valence-corrected chi connectivity index (χ1v) is 6.79. The fraction of sp³-hybridized carbons (Fsp3) is 0. The van der Waals surface area contributed by atoms with Crippen LogP contribution in [0.15, 0.2) is 42.7 Å². The number of amides is 1. The summed E-state index contributed by atoms with van der Waals surface area (Å²) in [4.78, 5) is 19.0. The van der Waals surface area contributed by atoms with Crippen molar-refractivity contribution in [3.05, 3.63) is 52.2 Å². The Morgan fingerprint density at radius 1 is 1.37 bits per heavy atom. The Kier molecular flexibility index (Phi) is 3.10. The van der Waals surface area contributed by atoms with Gasteiger partial charge in [-0.25, -0.2) is 0 Å². The molecule has 1 amide bonds. The molecule has 0 fully saturated rings. The third-order valence-electron chi connectivity index (χ3n) is 2.60. The molecule has 0 saturated carbocycles. The number of anilines is 1. The zero-order chi connectivity index (χ0) is 13.2. The van der Waals surface area contributed by atoms with Gasteiger partial charge in [-0.3, -0.25) is 9.78 Å². The molecular weight excluding hydrogens is 278 g/mol. The zero-order valence-electron chi connectivity index (χ0n) is 9.71. The number of benzene rings is 1. The molecule has 0 aliphatic rings. The first kappa shape index (κ1) is 12.0. The molecule has 2 aromatic heterocycles. The maximum absolute atomic E-state index is 12.0. The van der Waals surface area contributed by atoms with Gasteiger partial charge in [-0.05, 0) is 42.5 Å². The monoisotopic (exact) mass is 287 g/mol. The quantitative estimate of drug-likeness (QED) is 0.708. The predicted molar refractivity (Wildman–Crippen MR) is 79.2 cm³/mol. The highest BCUT2D eigenvalue weighted by atomic mass is 32.1. The van der Waals surface area contributed by atoms with Gasteiger partial charge in [0.2, 0.25) is 0 Å². The Balaban J connectivity index is 1.89. The standard InChI is InChI=1S/C13H9N3OS2/c17-12(8-2-1-5-14-7-8)15-9-3-4-10-11(6-9)19-13(18)16-10/h1-7H,(H,15,17)(H,16,18). The Hall–Kier alpha value is -2.05. The van der Waals surface area contributed by atoms with Crippen LogP contribution in [0.1, 0.15) is 10.4 Å². The van der Waals surface area contributed by atoms with Crippen molar-refractivity contribution in [2.75, 3.05) is 5.32 Å². The summed E-state index contributed by atoms with van der Waals surface area (Å²) in [7, 11) is 0. The van der Waals surface area contributed by atoms with E-state index in [4.69, 9.17) is 12.2 Å². The fourth-order valence-electron chi connectivity index (χ4n) is 1.72. The van der Waals surface area contributed by atoms with E-state index in [1.165, 1.54) is 17.5 Å². The number of aromatic amines is 1. The van der Waals surface area contributed by atoms with Crippen molar-refractivity contribution in [1.29, 1.82) is 0 Å². The minimum Gasteiger partial charge on any atom is -0.337 e. The summed E-state index contributed by atoms with van der Waals surface area (Å²) in [5.74, 6) is -0.174. The Bertz CT molecular complexity index is 792. The highest BCUT2D eigenvalue weighted by molar-refractivity contribution is 7.73. The normalized spacial score (nSPS) is 10.5. The molecule has 0 atom stereocenters. The Labute approximate surface area is 118 Å². The number of nitrogens with zero attached hydrogens (tertiary/aromatic N) is 1. The summed E-state index contributed by atoms with van der Waals surface area (Å²) in [6, 6.07) is 9.10. The number of H-pyrrole nitrogens is 1. The van der Waals surface area contributed by atoms with Crippen molar-refractivity contribution in [2.45, 2.75) is 0 Å². The maximum atomic E-state index is 12.0. The van der Waals surface area contributed by atoms with E-state index in [-0.39, 0.29) is 5.91 Å². The van der Waals surface area contributed by atoms with Crippen LogP contribution in [0.4, 0.5) is 5.69 Å². The second kappa shape index (κ2) is 4.91. The van der Waals surface area contributed by atoms with Gasteiger partial charge in [-0.15, -0.1) is 11.3 Å². The largest absolute Gasteiger partial charge is 0.337 e. The van der Waals surface area contributed by atoms with Gasteiger partial charge in [0, 0.05) is 18.1 Å². The number of hydrogen-bond donors (Lipinski definition) is 2. The lowest BCUT2D eigenvalue weighted by Crippen LogP contribution is -2.11. The van der Waals surface area contributed by atoms with Crippen molar-refractivity contribution in [2.24, 2.45) is 0 Å². The first-order chi connectivity index (χ1) is 9.22. The van der Waals surface area contributed by atoms with Crippen LogP contribution in [-0.4, -0.2) is 15.9 Å². The number of fused-ring (bicyclic) bond motifs is 1. The number of nitrogens with one attached hydrogen (secondary N) is 2. The average Bonchev–Trinajstić information content (AvgIpc) is 2.79. The first-order valence-electron chi connectivity index (χ1n) is 5.56. The van der Waals surface area contributed by atoms with Crippen LogP contribution in [0, 0.1) is 3.95 Å². The minimum atomic E-state index is -0.174. The van der Waals surface area contributed by atoms with Crippen LogP contribution in [0.3, 0.4) is 0 Å². The van der Waals surface area contributed by atoms with Gasteiger partial charge in [0.1, 0.15) is 0 Å². The van der Waals surface area contributed by atoms with Crippen molar-refractivity contribution >= 4 is 45.4 Å². The number of aromatic nitrogens is 2. The SMILES string of the molecule is O=C(Nc1ccc2[nH]c(=S)sc2c1)c1cccnc1. The fourth-order valence-corrected chi connectivity index (χ4v) is 2.88. The zero-order valence-corrected chi connectivity index (χ0v) is 11.3. The van der Waals surface area contributed by atoms with E-state index in [1.807, 2.05) is 18.2 Å². The molecule has 0 radical (unpaired) electrons. The molecule has 6 heteroatoms. The van der Waals surface area contributed by atoms with Crippen molar-refractivity contribution < 1.29 is 4.79 Å². The number of pyridine rings is 1. The molecule has 0 saturated heterocycles. The number of hydrogen-bond acceptors (Lipinski definition) is 4. The highest BCUT2D eigenvalue weighted by Crippen LogP contribution is 2.23. The van der Waals surface area contributed by atoms with Gasteiger partial charge >= 0.3 is 0 Å². The van der Waals surface area contributed by atoms with Crippen molar-refractivity contribution in [1.82, 2.24) is 9.97 Å². The third-order valence-corrected chi connectivity index (χ3v) is 3.80. The molecule has 1 aromatic carbocycles. The number of carbonyl (C=O) groups excluding carboxylic acids is 1. The average molecular weight is 287 g/mol. The van der Waals surface area contributed by atoms with Gasteiger partial charge in [-0.2, -0.15) is 0 Å². The van der Waals surface area contributed by atoms with Crippen molar-refractivity contribution in [3.63, 3.8) is 0 Å². The summed E-state index contributed by atoms with van der Waals surface area (Å²) in [5, 5.41) is 2.84. The molecule has 2 N–H and O–H groups in total. The molecule has 0 unspecified atom stereocenters. The molecule has 3 rings (SSSR count). The van der Waals surface area contributed by atoms with Gasteiger partial charge in [0.15, 0.2) is 3.95 Å². The summed E-state index contributed by atoms with van der Waals surface area (Å²) < 4.78 is 1.75. The van der Waals surface area contributed by atoms with Crippen molar-refractivity contribution in [3.8, 4) is 0 Å².